The van der Waals surface area contributed by atoms with Gasteiger partial charge in [-0.3, -0.25) is 4.90 Å². The highest BCUT2D eigenvalue weighted by Crippen LogP contribution is 2.25. The minimum absolute atomic E-state index is 0.0296. The van der Waals surface area contributed by atoms with Crippen LogP contribution in [-0.4, -0.2) is 62.9 Å². The van der Waals surface area contributed by atoms with Crippen molar-refractivity contribution in [1.29, 1.82) is 0 Å². The van der Waals surface area contributed by atoms with E-state index in [2.05, 4.69) is 14.9 Å². The molecule has 2 aromatic heterocycles. The number of benzene rings is 3. The van der Waals surface area contributed by atoms with Gasteiger partial charge in [0.15, 0.2) is 0 Å². The third-order valence-corrected chi connectivity index (χ3v) is 8.25. The van der Waals surface area contributed by atoms with E-state index in [1.54, 1.807) is 60.1 Å². The molecule has 10 heteroatoms. The number of aromatic carboxylic acids is 1. The van der Waals surface area contributed by atoms with Crippen molar-refractivity contribution in [2.45, 2.75) is 46.3 Å². The quantitative estimate of drug-likeness (QED) is 0.191. The number of fused-ring (bicyclic) bond motifs is 1. The van der Waals surface area contributed by atoms with Crippen molar-refractivity contribution in [2.75, 3.05) is 26.3 Å². The highest BCUT2D eigenvalue weighted by molar-refractivity contribution is 5.92. The molecule has 0 unspecified atom stereocenters. The third kappa shape index (κ3) is 8.01. The molecule has 7 rings (SSSR count). The van der Waals surface area contributed by atoms with Gasteiger partial charge in [0.1, 0.15) is 24.1 Å². The molecular formula is C37H40F2N4O4. The van der Waals surface area contributed by atoms with Gasteiger partial charge in [-0.05, 0) is 74.0 Å². The van der Waals surface area contributed by atoms with Crippen LogP contribution in [0.15, 0.2) is 72.8 Å². The zero-order valence-corrected chi connectivity index (χ0v) is 27.2. The van der Waals surface area contributed by atoms with E-state index in [1.807, 2.05) is 26.8 Å². The smallest absolute Gasteiger partial charge is 0.335 e. The van der Waals surface area contributed by atoms with E-state index in [4.69, 9.17) is 9.47 Å². The second-order valence-electron chi connectivity index (χ2n) is 11.4. The fourth-order valence-electron chi connectivity index (χ4n) is 5.27. The highest BCUT2D eigenvalue weighted by Gasteiger charge is 2.29. The largest absolute Gasteiger partial charge is 0.478 e. The van der Waals surface area contributed by atoms with E-state index in [0.717, 1.165) is 24.8 Å². The zero-order chi connectivity index (χ0) is 33.5. The number of carboxylic acids is 1. The molecular weight excluding hydrogens is 602 g/mol. The predicted octanol–water partition coefficient (Wildman–Crippen LogP) is 7.21. The van der Waals surface area contributed by atoms with Crippen molar-refractivity contribution in [1.82, 2.24) is 19.4 Å². The van der Waals surface area contributed by atoms with Crippen molar-refractivity contribution in [3.05, 3.63) is 113 Å². The van der Waals surface area contributed by atoms with E-state index < -0.39 is 11.8 Å². The molecule has 0 atom stereocenters. The van der Waals surface area contributed by atoms with Crippen LogP contribution in [0, 0.1) is 18.6 Å². The number of nitrogens with zero attached hydrogens (tertiary/aromatic N) is 4. The van der Waals surface area contributed by atoms with Crippen molar-refractivity contribution in [2.24, 2.45) is 7.05 Å². The average Bonchev–Trinajstić information content (AvgIpc) is 3.34. The van der Waals surface area contributed by atoms with Gasteiger partial charge in [0.25, 0.3) is 0 Å². The summed E-state index contributed by atoms with van der Waals surface area (Å²) in [5, 5.41) is 9.25. The minimum Gasteiger partial charge on any atom is -0.478 e. The summed E-state index contributed by atoms with van der Waals surface area (Å²) in [5.74, 6) is -0.845. The minimum atomic E-state index is -1.02. The van der Waals surface area contributed by atoms with Crippen LogP contribution in [-0.2, 0) is 24.8 Å². The Balaban J connectivity index is 0.000000370. The van der Waals surface area contributed by atoms with Crippen molar-refractivity contribution < 1.29 is 28.2 Å². The van der Waals surface area contributed by atoms with Gasteiger partial charge in [0, 0.05) is 30.7 Å². The maximum atomic E-state index is 15.1. The fraction of sp³-hybridized carbons (Fsp3) is 0.324. The molecule has 5 aromatic rings. The second-order valence-corrected chi connectivity index (χ2v) is 11.4. The Kier molecular flexibility index (Phi) is 11.0. The number of aryl methyl sites for hydroxylation is 2. The number of likely N-dealkylation sites (tertiary alicyclic amines) is 1. The summed E-state index contributed by atoms with van der Waals surface area (Å²) in [7, 11) is 1.78. The van der Waals surface area contributed by atoms with E-state index >= 15 is 4.39 Å². The maximum absolute atomic E-state index is 15.1. The van der Waals surface area contributed by atoms with Crippen molar-refractivity contribution in [3.63, 3.8) is 0 Å². The normalized spacial score (nSPS) is 14.3. The molecule has 0 amide bonds. The monoisotopic (exact) mass is 642 g/mol. The van der Waals surface area contributed by atoms with E-state index in [9.17, 15) is 14.3 Å². The third-order valence-electron chi connectivity index (χ3n) is 8.25. The first kappa shape index (κ1) is 33.7. The molecule has 0 radical (unpaired) electrons. The average molecular weight is 643 g/mol. The van der Waals surface area contributed by atoms with Crippen LogP contribution in [0.4, 0.5) is 8.78 Å². The molecule has 2 aliphatic heterocycles. The lowest BCUT2D eigenvalue weighted by Gasteiger charge is -2.42. The van der Waals surface area contributed by atoms with Gasteiger partial charge in [0.2, 0.25) is 5.88 Å². The Bertz CT molecular complexity index is 1840. The number of halogens is 2. The number of imidazole rings is 1. The molecule has 8 nitrogen and oxygen atoms in total. The van der Waals surface area contributed by atoms with Gasteiger partial charge >= 0.3 is 5.97 Å². The van der Waals surface area contributed by atoms with Crippen molar-refractivity contribution in [3.8, 4) is 17.1 Å². The number of carboxylic acid groups (broad SMARTS) is 1. The first-order valence-corrected chi connectivity index (χ1v) is 15.9. The number of hydrogen-bond donors (Lipinski definition) is 1. The van der Waals surface area contributed by atoms with Gasteiger partial charge in [0.05, 0.1) is 41.5 Å². The molecule has 0 saturated carbocycles. The number of pyridine rings is 1. The first-order valence-electron chi connectivity index (χ1n) is 15.9. The lowest BCUT2D eigenvalue weighted by Crippen LogP contribution is -2.54. The Labute approximate surface area is 273 Å². The summed E-state index contributed by atoms with van der Waals surface area (Å²) < 4.78 is 41.7. The first-order chi connectivity index (χ1) is 22.7. The van der Waals surface area contributed by atoms with E-state index in [-0.39, 0.29) is 24.4 Å². The molecule has 3 aromatic carbocycles. The maximum Gasteiger partial charge on any atom is 0.335 e. The highest BCUT2D eigenvalue weighted by atomic mass is 19.1. The predicted molar refractivity (Wildman–Crippen MR) is 178 cm³/mol. The van der Waals surface area contributed by atoms with Crippen LogP contribution in [0.25, 0.3) is 22.3 Å². The van der Waals surface area contributed by atoms with Gasteiger partial charge in [-0.1, -0.05) is 44.2 Å². The summed E-state index contributed by atoms with van der Waals surface area (Å²) in [6.07, 6.45) is 1.63. The van der Waals surface area contributed by atoms with Crippen LogP contribution in [0.3, 0.4) is 0 Å². The summed E-state index contributed by atoms with van der Waals surface area (Å²) in [6, 6.07) is 20.5. The second kappa shape index (κ2) is 15.3. The van der Waals surface area contributed by atoms with E-state index in [1.165, 1.54) is 37.7 Å². The molecule has 47 heavy (non-hydrogen) atoms. The molecule has 246 valence electrons. The Morgan fingerprint density at radius 3 is 2.32 bits per heavy atom. The molecule has 2 saturated heterocycles. The molecule has 1 N–H and O–H groups in total. The van der Waals surface area contributed by atoms with Crippen LogP contribution in [0.1, 0.15) is 53.1 Å². The standard InChI is InChI=1S/C29H23F2N3O3.C6H11NO.C2H6/c1-17-6-7-21(22(30)12-17)16-37-28-5-3-4-24(33-28)19-9-8-18(23(31)13-19)15-27-32-25-11-10-20(29(35)36)14-26(25)34(27)2;1-2-7(3-1)6-4-8-5-6;1-2/h3-14H,15-16H2,1-2H3,(H,35,36);6H,1-5H2;1-2H3. The van der Waals surface area contributed by atoms with Crippen LogP contribution in [0.5, 0.6) is 5.88 Å². The van der Waals surface area contributed by atoms with Gasteiger partial charge < -0.3 is 19.1 Å². The molecule has 0 aliphatic carbocycles. The number of aromatic nitrogens is 3. The van der Waals surface area contributed by atoms with Crippen LogP contribution < -0.4 is 4.74 Å². The van der Waals surface area contributed by atoms with Crippen LogP contribution >= 0.6 is 0 Å². The summed E-state index contributed by atoms with van der Waals surface area (Å²) in [5.41, 5.74) is 4.28. The Morgan fingerprint density at radius 2 is 1.70 bits per heavy atom. The number of ether oxygens (including phenoxy) is 2. The molecule has 4 heterocycles. The number of hydrogen-bond acceptors (Lipinski definition) is 6. The molecule has 0 bridgehead atoms. The summed E-state index contributed by atoms with van der Waals surface area (Å²) in [4.78, 5) is 22.8. The van der Waals surface area contributed by atoms with Crippen molar-refractivity contribution >= 4 is 17.0 Å². The lowest BCUT2D eigenvalue weighted by atomic mass is 10.1. The zero-order valence-electron chi connectivity index (χ0n) is 27.2. The lowest BCUT2D eigenvalue weighted by molar-refractivity contribution is -0.0843. The molecule has 0 spiro atoms. The fourth-order valence-corrected chi connectivity index (χ4v) is 5.27. The van der Waals surface area contributed by atoms with Gasteiger partial charge in [-0.2, -0.15) is 0 Å². The van der Waals surface area contributed by atoms with Crippen LogP contribution in [0.2, 0.25) is 0 Å². The number of carbonyl (C=O) groups is 1. The summed E-state index contributed by atoms with van der Waals surface area (Å²) >= 11 is 0. The Hall–Kier alpha value is -4.67. The van der Waals surface area contributed by atoms with Gasteiger partial charge in [-0.15, -0.1) is 0 Å². The number of rotatable bonds is 8. The molecule has 2 aliphatic rings. The summed E-state index contributed by atoms with van der Waals surface area (Å²) in [6.45, 7) is 10.4. The topological polar surface area (TPSA) is 89.7 Å². The van der Waals surface area contributed by atoms with Gasteiger partial charge in [-0.25, -0.2) is 23.5 Å². The van der Waals surface area contributed by atoms with E-state index in [0.29, 0.717) is 45.1 Å². The SMILES string of the molecule is C1CN(C2COC2)C1.CC.Cc1ccc(COc2cccc(-c3ccc(Cc4nc5ccc(C(=O)O)cc5n4C)c(F)c3)n2)c(F)c1. The Morgan fingerprint density at radius 1 is 0.957 bits per heavy atom. The molecule has 2 fully saturated rings.